The van der Waals surface area contributed by atoms with Gasteiger partial charge in [-0.15, -0.1) is 11.3 Å². The zero-order valence-corrected chi connectivity index (χ0v) is 17.9. The molecule has 0 saturated carbocycles. The van der Waals surface area contributed by atoms with Crippen LogP contribution in [0.25, 0.3) is 0 Å². The van der Waals surface area contributed by atoms with Crippen molar-refractivity contribution < 1.29 is 23.9 Å². The van der Waals surface area contributed by atoms with Gasteiger partial charge in [-0.2, -0.15) is 0 Å². The molecule has 0 bridgehead atoms. The van der Waals surface area contributed by atoms with Crippen LogP contribution in [-0.2, 0) is 22.6 Å². The molecule has 158 valence electrons. The molecule has 2 aromatic rings. The first kappa shape index (κ1) is 20.2. The van der Waals surface area contributed by atoms with Gasteiger partial charge in [0.2, 0.25) is 5.91 Å². The summed E-state index contributed by atoms with van der Waals surface area (Å²) in [4.78, 5) is 41.8. The first-order valence-electron chi connectivity index (χ1n) is 9.66. The molecule has 3 amide bonds. The highest BCUT2D eigenvalue weighted by atomic mass is 32.1. The van der Waals surface area contributed by atoms with E-state index in [4.69, 9.17) is 9.47 Å². The van der Waals surface area contributed by atoms with Crippen LogP contribution in [0.15, 0.2) is 24.3 Å². The maximum Gasteiger partial charge on any atom is 0.263 e. The molecule has 1 aromatic carbocycles. The molecule has 0 saturated heterocycles. The maximum absolute atomic E-state index is 13.0. The molecule has 2 aliphatic heterocycles. The van der Waals surface area contributed by atoms with E-state index in [-0.39, 0.29) is 24.3 Å². The number of hydrogen-bond donors (Lipinski definition) is 1. The van der Waals surface area contributed by atoms with E-state index in [0.29, 0.717) is 41.6 Å². The molecule has 0 fully saturated rings. The standard InChI is InChI=1S/C21H23N3O5S/c1-12(29-14-6-4-5-13(9-14)28-3)20(26)24-8-7-15-16(10-24)30-19-18(15)21(27)23(2)11-17(25)22-19/h4-6,9,12H,7-8,10-11H2,1-3H3,(H,22,25). The van der Waals surface area contributed by atoms with Crippen molar-refractivity contribution in [2.75, 3.05) is 32.6 Å². The second-order valence-electron chi connectivity index (χ2n) is 7.37. The van der Waals surface area contributed by atoms with Crippen LogP contribution in [0.3, 0.4) is 0 Å². The number of carbonyl (C=O) groups is 3. The number of thiophene rings is 1. The molecule has 2 aliphatic rings. The van der Waals surface area contributed by atoms with Gasteiger partial charge in [-0.3, -0.25) is 14.4 Å². The summed E-state index contributed by atoms with van der Waals surface area (Å²) in [6.45, 7) is 2.65. The summed E-state index contributed by atoms with van der Waals surface area (Å²) in [6, 6.07) is 7.13. The fraction of sp³-hybridized carbons (Fsp3) is 0.381. The minimum Gasteiger partial charge on any atom is -0.497 e. The molecule has 0 radical (unpaired) electrons. The van der Waals surface area contributed by atoms with Crippen molar-refractivity contribution in [2.45, 2.75) is 26.0 Å². The van der Waals surface area contributed by atoms with Crippen molar-refractivity contribution >= 4 is 34.1 Å². The minimum absolute atomic E-state index is 0.0404. The fourth-order valence-electron chi connectivity index (χ4n) is 3.74. The zero-order chi connectivity index (χ0) is 21.4. The lowest BCUT2D eigenvalue weighted by molar-refractivity contribution is -0.138. The Balaban J connectivity index is 1.50. The van der Waals surface area contributed by atoms with Crippen molar-refractivity contribution in [2.24, 2.45) is 0 Å². The van der Waals surface area contributed by atoms with Crippen LogP contribution in [0.5, 0.6) is 11.5 Å². The Morgan fingerprint density at radius 2 is 2.00 bits per heavy atom. The number of methoxy groups -OCH3 is 1. The number of fused-ring (bicyclic) bond motifs is 3. The number of anilines is 1. The smallest absolute Gasteiger partial charge is 0.263 e. The highest BCUT2D eigenvalue weighted by Gasteiger charge is 2.34. The summed E-state index contributed by atoms with van der Waals surface area (Å²) >= 11 is 1.37. The van der Waals surface area contributed by atoms with Gasteiger partial charge in [0.05, 0.1) is 25.8 Å². The number of ether oxygens (including phenoxy) is 2. The van der Waals surface area contributed by atoms with Crippen LogP contribution < -0.4 is 14.8 Å². The van der Waals surface area contributed by atoms with Gasteiger partial charge >= 0.3 is 0 Å². The van der Waals surface area contributed by atoms with Gasteiger partial charge < -0.3 is 24.6 Å². The predicted octanol–water partition coefficient (Wildman–Crippen LogP) is 2.13. The maximum atomic E-state index is 13.0. The van der Waals surface area contributed by atoms with E-state index in [0.717, 1.165) is 10.4 Å². The van der Waals surface area contributed by atoms with E-state index >= 15 is 0 Å². The summed E-state index contributed by atoms with van der Waals surface area (Å²) in [7, 11) is 3.20. The lowest BCUT2D eigenvalue weighted by atomic mass is 10.0. The van der Waals surface area contributed by atoms with E-state index in [9.17, 15) is 14.4 Å². The lowest BCUT2D eigenvalue weighted by Crippen LogP contribution is -2.43. The van der Waals surface area contributed by atoms with E-state index in [1.807, 2.05) is 6.07 Å². The number of amides is 3. The highest BCUT2D eigenvalue weighted by Crippen LogP contribution is 2.39. The monoisotopic (exact) mass is 429 g/mol. The minimum atomic E-state index is -0.663. The Kier molecular flexibility index (Phi) is 5.38. The lowest BCUT2D eigenvalue weighted by Gasteiger charge is -2.30. The second kappa shape index (κ2) is 7.98. The largest absolute Gasteiger partial charge is 0.497 e. The summed E-state index contributed by atoms with van der Waals surface area (Å²) in [6.07, 6.45) is -0.0993. The Morgan fingerprint density at radius 3 is 2.77 bits per heavy atom. The Bertz CT molecular complexity index is 1020. The molecule has 0 aliphatic carbocycles. The van der Waals surface area contributed by atoms with Crippen molar-refractivity contribution in [3.05, 3.63) is 40.3 Å². The summed E-state index contributed by atoms with van der Waals surface area (Å²) < 4.78 is 11.0. The van der Waals surface area contributed by atoms with Gasteiger partial charge in [0.15, 0.2) is 6.10 Å². The molecule has 30 heavy (non-hydrogen) atoms. The zero-order valence-electron chi connectivity index (χ0n) is 17.1. The molecule has 3 heterocycles. The van der Waals surface area contributed by atoms with Gasteiger partial charge in [-0.05, 0) is 31.0 Å². The van der Waals surface area contributed by atoms with Crippen LogP contribution >= 0.6 is 11.3 Å². The average molecular weight is 429 g/mol. The molecule has 1 atom stereocenters. The predicted molar refractivity (Wildman–Crippen MR) is 112 cm³/mol. The SMILES string of the molecule is COc1cccc(OC(C)C(=O)N2CCc3c(sc4c3C(=O)N(C)CC(=O)N4)C2)c1. The third-order valence-corrected chi connectivity index (χ3v) is 6.40. The number of benzene rings is 1. The highest BCUT2D eigenvalue weighted by molar-refractivity contribution is 7.17. The summed E-state index contributed by atoms with van der Waals surface area (Å²) in [5.74, 6) is 0.727. The number of rotatable bonds is 4. The van der Waals surface area contributed by atoms with Crippen LogP contribution in [-0.4, -0.2) is 60.9 Å². The number of likely N-dealkylation sites (N-methyl/N-ethyl adjacent to an activating group) is 1. The first-order chi connectivity index (χ1) is 14.4. The summed E-state index contributed by atoms with van der Waals surface area (Å²) in [5.41, 5.74) is 1.50. The van der Waals surface area contributed by atoms with Crippen LogP contribution in [0.1, 0.15) is 27.7 Å². The van der Waals surface area contributed by atoms with Crippen molar-refractivity contribution in [3.63, 3.8) is 0 Å². The van der Waals surface area contributed by atoms with Crippen molar-refractivity contribution in [1.29, 1.82) is 0 Å². The number of hydrogen-bond acceptors (Lipinski definition) is 6. The number of carbonyl (C=O) groups excluding carboxylic acids is 3. The van der Waals surface area contributed by atoms with Crippen molar-refractivity contribution in [1.82, 2.24) is 9.80 Å². The average Bonchev–Trinajstić information content (AvgIpc) is 3.04. The van der Waals surface area contributed by atoms with Gasteiger partial charge in [0, 0.05) is 24.5 Å². The quantitative estimate of drug-likeness (QED) is 0.805. The van der Waals surface area contributed by atoms with E-state index in [1.165, 1.54) is 16.2 Å². The van der Waals surface area contributed by atoms with E-state index in [1.54, 1.807) is 44.2 Å². The van der Waals surface area contributed by atoms with Crippen LogP contribution in [0, 0.1) is 0 Å². The third-order valence-electron chi connectivity index (χ3n) is 5.26. The van der Waals surface area contributed by atoms with E-state index in [2.05, 4.69) is 5.32 Å². The van der Waals surface area contributed by atoms with E-state index < -0.39 is 6.10 Å². The molecule has 1 N–H and O–H groups in total. The molecule has 9 heteroatoms. The molecule has 8 nitrogen and oxygen atoms in total. The number of nitrogens with zero attached hydrogens (tertiary/aromatic N) is 2. The van der Waals surface area contributed by atoms with Gasteiger partial charge in [-0.25, -0.2) is 0 Å². The van der Waals surface area contributed by atoms with Gasteiger partial charge in [0.1, 0.15) is 16.5 Å². The molecule has 1 aromatic heterocycles. The first-order valence-corrected chi connectivity index (χ1v) is 10.5. The third kappa shape index (κ3) is 3.72. The molecular formula is C21H23N3O5S. The topological polar surface area (TPSA) is 88.2 Å². The van der Waals surface area contributed by atoms with Crippen LogP contribution in [0.2, 0.25) is 0 Å². The normalized spacial score (nSPS) is 16.9. The fourth-order valence-corrected chi connectivity index (χ4v) is 5.01. The second-order valence-corrected chi connectivity index (χ2v) is 8.47. The molecule has 0 spiro atoms. The number of nitrogens with one attached hydrogen (secondary N) is 1. The van der Waals surface area contributed by atoms with Gasteiger partial charge in [-0.1, -0.05) is 6.07 Å². The molecule has 4 rings (SSSR count). The Hall–Kier alpha value is -3.07. The summed E-state index contributed by atoms with van der Waals surface area (Å²) in [5, 5.41) is 3.41. The molecule has 1 unspecified atom stereocenters. The van der Waals surface area contributed by atoms with Crippen molar-refractivity contribution in [3.8, 4) is 11.5 Å². The van der Waals surface area contributed by atoms with Gasteiger partial charge in [0.25, 0.3) is 11.8 Å². The molecular weight excluding hydrogens is 406 g/mol. The van der Waals surface area contributed by atoms with Crippen LogP contribution in [0.4, 0.5) is 5.00 Å². The Labute approximate surface area is 178 Å². The Morgan fingerprint density at radius 1 is 1.23 bits per heavy atom.